The van der Waals surface area contributed by atoms with Gasteiger partial charge in [-0.05, 0) is 76.9 Å². The summed E-state index contributed by atoms with van der Waals surface area (Å²) in [7, 11) is 0. The van der Waals surface area contributed by atoms with E-state index in [4.69, 9.17) is 11.6 Å². The summed E-state index contributed by atoms with van der Waals surface area (Å²) in [6, 6.07) is 13.1. The van der Waals surface area contributed by atoms with Crippen LogP contribution in [0.3, 0.4) is 0 Å². The lowest BCUT2D eigenvalue weighted by Crippen LogP contribution is -2.36. The molecule has 0 aliphatic heterocycles. The molecule has 1 aromatic heterocycles. The van der Waals surface area contributed by atoms with Gasteiger partial charge in [0, 0.05) is 35.1 Å². The summed E-state index contributed by atoms with van der Waals surface area (Å²) in [6.07, 6.45) is 0.734. The molecule has 2 N–H and O–H groups in total. The van der Waals surface area contributed by atoms with Crippen molar-refractivity contribution in [1.29, 1.82) is 0 Å². The molecule has 0 unspecified atom stereocenters. The minimum atomic E-state index is -0.212. The molecule has 0 spiro atoms. The van der Waals surface area contributed by atoms with E-state index in [1.807, 2.05) is 55.8 Å². The number of hydrogen-bond acceptors (Lipinski definition) is 3. The Morgan fingerprint density at radius 1 is 1.09 bits per heavy atom. The Hall–Kier alpha value is -3.12. The second-order valence-electron chi connectivity index (χ2n) is 7.91. The molecule has 0 radical (unpaired) electrons. The SMILES string of the molecule is CCn1nc(C)c(CCN=C(NC(=O)c2cc(C)cc(C)c2)Nc2cccc(Cl)c2)c1C. The molecule has 1 amide bonds. The van der Waals surface area contributed by atoms with Crippen molar-refractivity contribution >= 4 is 29.2 Å². The summed E-state index contributed by atoms with van der Waals surface area (Å²) in [5.74, 6) is 0.172. The number of carbonyl (C=O) groups excluding carboxylic acids is 1. The van der Waals surface area contributed by atoms with E-state index in [9.17, 15) is 4.79 Å². The van der Waals surface area contributed by atoms with Crippen LogP contribution < -0.4 is 10.6 Å². The highest BCUT2D eigenvalue weighted by Gasteiger charge is 2.13. The van der Waals surface area contributed by atoms with Crippen molar-refractivity contribution in [3.05, 3.63) is 81.1 Å². The van der Waals surface area contributed by atoms with Crippen molar-refractivity contribution in [2.75, 3.05) is 11.9 Å². The van der Waals surface area contributed by atoms with Crippen LogP contribution in [0.2, 0.25) is 5.02 Å². The number of rotatable bonds is 6. The van der Waals surface area contributed by atoms with Gasteiger partial charge in [0.05, 0.1) is 5.69 Å². The Kier molecular flexibility index (Phi) is 7.70. The van der Waals surface area contributed by atoms with Crippen LogP contribution in [-0.4, -0.2) is 28.2 Å². The first kappa shape index (κ1) is 23.5. The first-order chi connectivity index (χ1) is 15.3. The number of hydrogen-bond donors (Lipinski definition) is 2. The highest BCUT2D eigenvalue weighted by Crippen LogP contribution is 2.16. The third-order valence-corrected chi connectivity index (χ3v) is 5.50. The Morgan fingerprint density at radius 3 is 2.44 bits per heavy atom. The van der Waals surface area contributed by atoms with Crippen LogP contribution in [0.25, 0.3) is 0 Å². The van der Waals surface area contributed by atoms with Crippen LogP contribution in [0, 0.1) is 27.7 Å². The summed E-state index contributed by atoms with van der Waals surface area (Å²) < 4.78 is 2.00. The number of aromatic nitrogens is 2. The van der Waals surface area contributed by atoms with Gasteiger partial charge < -0.3 is 5.32 Å². The van der Waals surface area contributed by atoms with E-state index in [1.165, 1.54) is 5.56 Å². The average Bonchev–Trinajstić information content (AvgIpc) is 3.00. The molecule has 0 atom stereocenters. The van der Waals surface area contributed by atoms with E-state index in [2.05, 4.69) is 34.6 Å². The van der Waals surface area contributed by atoms with Crippen molar-refractivity contribution in [3.8, 4) is 0 Å². The number of carbonyl (C=O) groups is 1. The van der Waals surface area contributed by atoms with E-state index >= 15 is 0 Å². The molecule has 0 aliphatic rings. The number of aliphatic imine (C=N–C) groups is 1. The smallest absolute Gasteiger partial charge is 0.257 e. The summed E-state index contributed by atoms with van der Waals surface area (Å²) in [4.78, 5) is 17.6. The summed E-state index contributed by atoms with van der Waals surface area (Å²) in [6.45, 7) is 11.5. The van der Waals surface area contributed by atoms with Crippen LogP contribution in [0.4, 0.5) is 5.69 Å². The maximum Gasteiger partial charge on any atom is 0.257 e. The van der Waals surface area contributed by atoms with Crippen LogP contribution in [0.1, 0.15) is 45.4 Å². The van der Waals surface area contributed by atoms with Gasteiger partial charge in [0.2, 0.25) is 5.96 Å². The van der Waals surface area contributed by atoms with E-state index in [0.29, 0.717) is 23.1 Å². The van der Waals surface area contributed by atoms with Gasteiger partial charge in [0.25, 0.3) is 5.91 Å². The second kappa shape index (κ2) is 10.5. The van der Waals surface area contributed by atoms with Crippen LogP contribution in [0.5, 0.6) is 0 Å². The summed E-state index contributed by atoms with van der Waals surface area (Å²) in [5, 5.41) is 11.3. The van der Waals surface area contributed by atoms with E-state index in [1.54, 1.807) is 12.1 Å². The zero-order chi connectivity index (χ0) is 23.3. The fraction of sp³-hybridized carbons (Fsp3) is 0.320. The summed E-state index contributed by atoms with van der Waals surface area (Å²) in [5.41, 5.74) is 6.79. The maximum atomic E-state index is 12.9. The molecule has 0 aliphatic carbocycles. The number of nitrogens with one attached hydrogen (secondary N) is 2. The number of guanidine groups is 1. The minimum Gasteiger partial charge on any atom is -0.326 e. The molecule has 7 heteroatoms. The Morgan fingerprint density at radius 2 is 1.81 bits per heavy atom. The zero-order valence-electron chi connectivity index (χ0n) is 19.3. The standard InChI is InChI=1S/C25H30ClN5O/c1-6-31-19(5)23(18(4)30-31)10-11-27-25(28-22-9-7-8-21(26)15-22)29-24(32)20-13-16(2)12-17(3)14-20/h7-9,12-15H,6,10-11H2,1-5H3,(H2,27,28,29,32). The van der Waals surface area contributed by atoms with Crippen LogP contribution in [0.15, 0.2) is 47.5 Å². The van der Waals surface area contributed by atoms with E-state index in [-0.39, 0.29) is 5.91 Å². The van der Waals surface area contributed by atoms with E-state index < -0.39 is 0 Å². The van der Waals surface area contributed by atoms with Crippen molar-refractivity contribution in [2.45, 2.75) is 47.6 Å². The predicted molar refractivity (Wildman–Crippen MR) is 132 cm³/mol. The Labute approximate surface area is 194 Å². The quantitative estimate of drug-likeness (QED) is 0.398. The number of nitrogens with zero attached hydrogens (tertiary/aromatic N) is 3. The molecule has 0 saturated carbocycles. The van der Waals surface area contributed by atoms with Crippen LogP contribution >= 0.6 is 11.6 Å². The van der Waals surface area contributed by atoms with Gasteiger partial charge in [-0.1, -0.05) is 34.9 Å². The topological polar surface area (TPSA) is 71.3 Å². The second-order valence-corrected chi connectivity index (χ2v) is 8.35. The molecule has 6 nitrogen and oxygen atoms in total. The van der Waals surface area contributed by atoms with Crippen molar-refractivity contribution < 1.29 is 4.79 Å². The van der Waals surface area contributed by atoms with Crippen molar-refractivity contribution in [2.24, 2.45) is 4.99 Å². The lowest BCUT2D eigenvalue weighted by molar-refractivity contribution is 0.0976. The lowest BCUT2D eigenvalue weighted by Gasteiger charge is -2.13. The molecular formula is C25H30ClN5O. The van der Waals surface area contributed by atoms with Gasteiger partial charge in [-0.2, -0.15) is 5.10 Å². The van der Waals surface area contributed by atoms with Crippen LogP contribution in [-0.2, 0) is 13.0 Å². The normalized spacial score (nSPS) is 11.5. The van der Waals surface area contributed by atoms with Gasteiger partial charge in [0.1, 0.15) is 0 Å². The molecule has 0 saturated heterocycles. The molecule has 0 bridgehead atoms. The zero-order valence-corrected chi connectivity index (χ0v) is 20.0. The number of benzene rings is 2. The first-order valence-corrected chi connectivity index (χ1v) is 11.1. The van der Waals surface area contributed by atoms with Crippen molar-refractivity contribution in [3.63, 3.8) is 0 Å². The van der Waals surface area contributed by atoms with Gasteiger partial charge >= 0.3 is 0 Å². The molecule has 1 heterocycles. The molecule has 168 valence electrons. The highest BCUT2D eigenvalue weighted by atomic mass is 35.5. The number of amides is 1. The third kappa shape index (κ3) is 5.98. The minimum absolute atomic E-state index is 0.212. The monoisotopic (exact) mass is 451 g/mol. The van der Waals surface area contributed by atoms with Gasteiger partial charge in [-0.3, -0.25) is 19.8 Å². The number of halogens is 1. The molecule has 32 heavy (non-hydrogen) atoms. The Balaban J connectivity index is 1.81. The fourth-order valence-electron chi connectivity index (χ4n) is 3.78. The lowest BCUT2D eigenvalue weighted by atomic mass is 10.1. The van der Waals surface area contributed by atoms with Crippen molar-refractivity contribution in [1.82, 2.24) is 15.1 Å². The maximum absolute atomic E-state index is 12.9. The summed E-state index contributed by atoms with van der Waals surface area (Å²) >= 11 is 6.12. The fourth-order valence-corrected chi connectivity index (χ4v) is 3.97. The Bertz CT molecular complexity index is 1130. The molecule has 3 aromatic rings. The first-order valence-electron chi connectivity index (χ1n) is 10.8. The van der Waals surface area contributed by atoms with Gasteiger partial charge in [-0.15, -0.1) is 0 Å². The highest BCUT2D eigenvalue weighted by molar-refractivity contribution is 6.31. The molecule has 0 fully saturated rings. The van der Waals surface area contributed by atoms with Gasteiger partial charge in [-0.25, -0.2) is 0 Å². The number of aryl methyl sites for hydroxylation is 4. The third-order valence-electron chi connectivity index (χ3n) is 5.27. The largest absolute Gasteiger partial charge is 0.326 e. The average molecular weight is 452 g/mol. The van der Waals surface area contributed by atoms with Gasteiger partial charge in [0.15, 0.2) is 0 Å². The molecule has 3 rings (SSSR count). The van der Waals surface area contributed by atoms with E-state index in [0.717, 1.165) is 41.2 Å². The molecule has 2 aromatic carbocycles. The number of anilines is 1. The predicted octanol–water partition coefficient (Wildman–Crippen LogP) is 5.23. The molecular weight excluding hydrogens is 422 g/mol.